The summed E-state index contributed by atoms with van der Waals surface area (Å²) < 4.78 is 22.2. The van der Waals surface area contributed by atoms with E-state index in [-0.39, 0.29) is 0 Å². The maximum Gasteiger partial charge on any atom is 0.176 e. The summed E-state index contributed by atoms with van der Waals surface area (Å²) in [5.41, 5.74) is 0. The number of morpholine rings is 2. The Morgan fingerprint density at radius 2 is 1.17 bits per heavy atom. The molecular weight excluding hydrogens is 316 g/mol. The van der Waals surface area contributed by atoms with E-state index in [1.165, 1.54) is 9.75 Å². The first-order chi connectivity index (χ1) is 11.3. The average Bonchev–Trinajstić information content (AvgIpc) is 2.92. The zero-order chi connectivity index (χ0) is 16.1. The smallest absolute Gasteiger partial charge is 0.176 e. The van der Waals surface area contributed by atoms with Crippen molar-refractivity contribution in [3.8, 4) is 11.5 Å². The second-order valence-electron chi connectivity index (χ2n) is 5.79. The number of hydrogen-bond donors (Lipinski definition) is 0. The van der Waals surface area contributed by atoms with Crippen LogP contribution in [-0.2, 0) is 22.6 Å². The van der Waals surface area contributed by atoms with E-state index in [0.717, 1.165) is 77.2 Å². The SMILES string of the molecule is COc1c(CN2CCOCC2)sc(CN2CCOCC2)c1OC. The monoisotopic (exact) mass is 342 g/mol. The van der Waals surface area contributed by atoms with Gasteiger partial charge in [-0.25, -0.2) is 0 Å². The molecule has 23 heavy (non-hydrogen) atoms. The number of methoxy groups -OCH3 is 2. The Balaban J connectivity index is 1.75. The van der Waals surface area contributed by atoms with Crippen molar-refractivity contribution < 1.29 is 18.9 Å². The van der Waals surface area contributed by atoms with Gasteiger partial charge in [-0.1, -0.05) is 0 Å². The van der Waals surface area contributed by atoms with Crippen molar-refractivity contribution in [2.24, 2.45) is 0 Å². The lowest BCUT2D eigenvalue weighted by Gasteiger charge is -2.26. The fraction of sp³-hybridized carbons (Fsp3) is 0.750. The van der Waals surface area contributed by atoms with Crippen LogP contribution in [0.25, 0.3) is 0 Å². The molecule has 0 N–H and O–H groups in total. The van der Waals surface area contributed by atoms with Gasteiger partial charge in [0, 0.05) is 39.3 Å². The average molecular weight is 342 g/mol. The molecule has 2 fully saturated rings. The Morgan fingerprint density at radius 3 is 1.52 bits per heavy atom. The van der Waals surface area contributed by atoms with Crippen LogP contribution in [0.4, 0.5) is 0 Å². The standard InChI is InChI=1S/C16H26N2O4S/c1-19-15-13(11-17-3-7-21-8-4-17)23-14(16(15)20-2)12-18-5-9-22-10-6-18/h3-12H2,1-2H3. The Kier molecular flexibility index (Phi) is 6.13. The van der Waals surface area contributed by atoms with E-state index in [1.54, 1.807) is 14.2 Å². The first-order valence-corrected chi connectivity index (χ1v) is 8.96. The van der Waals surface area contributed by atoms with E-state index in [4.69, 9.17) is 18.9 Å². The van der Waals surface area contributed by atoms with E-state index < -0.39 is 0 Å². The minimum absolute atomic E-state index is 0.811. The molecule has 3 heterocycles. The summed E-state index contributed by atoms with van der Waals surface area (Å²) in [7, 11) is 3.46. The summed E-state index contributed by atoms with van der Waals surface area (Å²) >= 11 is 1.81. The highest BCUT2D eigenvalue weighted by atomic mass is 32.1. The zero-order valence-electron chi connectivity index (χ0n) is 14.0. The second-order valence-corrected chi connectivity index (χ2v) is 6.98. The van der Waals surface area contributed by atoms with E-state index in [0.29, 0.717) is 0 Å². The van der Waals surface area contributed by atoms with E-state index in [9.17, 15) is 0 Å². The number of rotatable bonds is 6. The number of ether oxygens (including phenoxy) is 4. The number of hydrogen-bond acceptors (Lipinski definition) is 7. The van der Waals surface area contributed by atoms with Crippen LogP contribution in [0, 0.1) is 0 Å². The van der Waals surface area contributed by atoms with Crippen molar-refractivity contribution in [2.75, 3.05) is 66.8 Å². The van der Waals surface area contributed by atoms with Crippen LogP contribution >= 0.6 is 11.3 Å². The van der Waals surface area contributed by atoms with Gasteiger partial charge < -0.3 is 18.9 Å². The normalized spacial score (nSPS) is 20.6. The molecule has 0 aromatic carbocycles. The molecule has 3 rings (SSSR count). The van der Waals surface area contributed by atoms with Crippen LogP contribution < -0.4 is 9.47 Å². The largest absolute Gasteiger partial charge is 0.492 e. The molecule has 1 aromatic heterocycles. The first kappa shape index (κ1) is 17.0. The summed E-state index contributed by atoms with van der Waals surface area (Å²) in [6.45, 7) is 8.94. The van der Waals surface area contributed by atoms with Gasteiger partial charge in [0.15, 0.2) is 11.5 Å². The second kappa shape index (κ2) is 8.30. The van der Waals surface area contributed by atoms with E-state index in [1.807, 2.05) is 11.3 Å². The zero-order valence-corrected chi connectivity index (χ0v) is 14.8. The van der Waals surface area contributed by atoms with E-state index >= 15 is 0 Å². The lowest BCUT2D eigenvalue weighted by Crippen LogP contribution is -2.35. The molecule has 0 radical (unpaired) electrons. The minimum atomic E-state index is 0.811. The van der Waals surface area contributed by atoms with Gasteiger partial charge in [0.05, 0.1) is 50.4 Å². The quantitative estimate of drug-likeness (QED) is 0.779. The predicted octanol–water partition coefficient (Wildman–Crippen LogP) is 1.43. The fourth-order valence-corrected chi connectivity index (χ4v) is 4.37. The maximum atomic E-state index is 5.66. The number of nitrogens with zero attached hydrogens (tertiary/aromatic N) is 2. The van der Waals surface area contributed by atoms with Crippen LogP contribution in [0.1, 0.15) is 9.75 Å². The molecule has 130 valence electrons. The third kappa shape index (κ3) is 4.16. The molecule has 0 saturated carbocycles. The minimum Gasteiger partial charge on any atom is -0.492 e. The molecule has 2 saturated heterocycles. The molecule has 0 bridgehead atoms. The van der Waals surface area contributed by atoms with Gasteiger partial charge in [-0.2, -0.15) is 0 Å². The van der Waals surface area contributed by atoms with E-state index in [2.05, 4.69) is 9.80 Å². The highest BCUT2D eigenvalue weighted by molar-refractivity contribution is 7.12. The van der Waals surface area contributed by atoms with Crippen LogP contribution in [0.5, 0.6) is 11.5 Å². The van der Waals surface area contributed by atoms with Crippen LogP contribution in [-0.4, -0.2) is 76.6 Å². The Morgan fingerprint density at radius 1 is 0.783 bits per heavy atom. The fourth-order valence-electron chi connectivity index (χ4n) is 3.04. The van der Waals surface area contributed by atoms with Gasteiger partial charge in [-0.15, -0.1) is 11.3 Å². The van der Waals surface area contributed by atoms with Gasteiger partial charge in [-0.05, 0) is 0 Å². The van der Waals surface area contributed by atoms with Crippen molar-refractivity contribution in [2.45, 2.75) is 13.1 Å². The molecule has 1 aromatic rings. The summed E-state index contributed by atoms with van der Waals surface area (Å²) in [4.78, 5) is 7.31. The summed E-state index contributed by atoms with van der Waals surface area (Å²) in [5.74, 6) is 1.79. The molecule has 0 atom stereocenters. The van der Waals surface area contributed by atoms with Gasteiger partial charge in [-0.3, -0.25) is 9.80 Å². The third-order valence-electron chi connectivity index (χ3n) is 4.31. The Bertz CT molecular complexity index is 454. The van der Waals surface area contributed by atoms with Crippen LogP contribution in [0.3, 0.4) is 0 Å². The Labute approximate surface area is 141 Å². The topological polar surface area (TPSA) is 43.4 Å². The molecule has 0 aliphatic carbocycles. The number of thiophene rings is 1. The first-order valence-electron chi connectivity index (χ1n) is 8.14. The van der Waals surface area contributed by atoms with Gasteiger partial charge in [0.1, 0.15) is 0 Å². The third-order valence-corrected chi connectivity index (χ3v) is 5.43. The lowest BCUT2D eigenvalue weighted by molar-refractivity contribution is 0.0343. The summed E-state index contributed by atoms with van der Waals surface area (Å²) in [5, 5.41) is 0. The molecule has 0 spiro atoms. The predicted molar refractivity (Wildman–Crippen MR) is 89.6 cm³/mol. The Hall–Kier alpha value is -0.860. The molecular formula is C16H26N2O4S. The van der Waals surface area contributed by atoms with Gasteiger partial charge in [0.2, 0.25) is 0 Å². The molecule has 0 unspecified atom stereocenters. The highest BCUT2D eigenvalue weighted by Gasteiger charge is 2.24. The van der Waals surface area contributed by atoms with Crippen LogP contribution in [0.2, 0.25) is 0 Å². The van der Waals surface area contributed by atoms with Crippen molar-refractivity contribution in [1.29, 1.82) is 0 Å². The van der Waals surface area contributed by atoms with Crippen molar-refractivity contribution in [1.82, 2.24) is 9.80 Å². The van der Waals surface area contributed by atoms with Crippen molar-refractivity contribution in [3.63, 3.8) is 0 Å². The molecule has 7 heteroatoms. The molecule has 2 aliphatic heterocycles. The van der Waals surface area contributed by atoms with Crippen molar-refractivity contribution in [3.05, 3.63) is 9.75 Å². The highest BCUT2D eigenvalue weighted by Crippen LogP contribution is 2.43. The lowest BCUT2D eigenvalue weighted by atomic mass is 10.3. The molecule has 0 amide bonds. The van der Waals surface area contributed by atoms with Crippen LogP contribution in [0.15, 0.2) is 0 Å². The molecule has 6 nitrogen and oxygen atoms in total. The molecule has 2 aliphatic rings. The van der Waals surface area contributed by atoms with Gasteiger partial charge >= 0.3 is 0 Å². The summed E-state index contributed by atoms with van der Waals surface area (Å²) in [6.07, 6.45) is 0. The van der Waals surface area contributed by atoms with Crippen molar-refractivity contribution >= 4 is 11.3 Å². The summed E-state index contributed by atoms with van der Waals surface area (Å²) in [6, 6.07) is 0. The maximum absolute atomic E-state index is 5.66. The van der Waals surface area contributed by atoms with Gasteiger partial charge in [0.25, 0.3) is 0 Å².